The molecule has 0 aliphatic heterocycles. The maximum atomic E-state index is 13.6. The number of guanidine groups is 1. The van der Waals surface area contributed by atoms with E-state index in [0.29, 0.717) is 23.7 Å². The van der Waals surface area contributed by atoms with E-state index in [1.54, 1.807) is 32.4 Å². The number of aryl methyl sites for hydroxylation is 2. The van der Waals surface area contributed by atoms with Crippen LogP contribution in [0.5, 0.6) is 11.5 Å². The highest BCUT2D eigenvalue weighted by Crippen LogP contribution is 2.25. The molecule has 0 atom stereocenters. The SMILES string of the molecule is CCCn1cc(CN=C(NC(=O)c2cccc(F)c2)Nc2cc(OC)cc(OC)c2)c(C)n1. The van der Waals surface area contributed by atoms with Gasteiger partial charge >= 0.3 is 0 Å². The molecular formula is C24H28FN5O3. The molecule has 3 aromatic rings. The summed E-state index contributed by atoms with van der Waals surface area (Å²) < 4.78 is 26.1. The van der Waals surface area contributed by atoms with Gasteiger partial charge in [0.2, 0.25) is 5.96 Å². The van der Waals surface area contributed by atoms with Gasteiger partial charge in [-0.15, -0.1) is 0 Å². The molecule has 3 rings (SSSR count). The molecule has 174 valence electrons. The van der Waals surface area contributed by atoms with Gasteiger partial charge in [0.05, 0.1) is 26.5 Å². The topological polar surface area (TPSA) is 89.8 Å². The van der Waals surface area contributed by atoms with E-state index in [2.05, 4.69) is 27.6 Å². The van der Waals surface area contributed by atoms with Crippen LogP contribution in [0.25, 0.3) is 0 Å². The molecule has 2 aromatic carbocycles. The summed E-state index contributed by atoms with van der Waals surface area (Å²) in [5.41, 5.74) is 2.58. The predicted molar refractivity (Wildman–Crippen MR) is 125 cm³/mol. The molecule has 0 radical (unpaired) electrons. The predicted octanol–water partition coefficient (Wildman–Crippen LogP) is 4.16. The normalized spacial score (nSPS) is 11.2. The Labute approximate surface area is 192 Å². The Morgan fingerprint density at radius 2 is 1.88 bits per heavy atom. The largest absolute Gasteiger partial charge is 0.497 e. The Morgan fingerprint density at radius 1 is 1.15 bits per heavy atom. The van der Waals surface area contributed by atoms with Crippen molar-refractivity contribution in [3.05, 3.63) is 71.3 Å². The molecule has 0 unspecified atom stereocenters. The smallest absolute Gasteiger partial charge is 0.258 e. The molecule has 0 spiro atoms. The van der Waals surface area contributed by atoms with E-state index in [9.17, 15) is 9.18 Å². The minimum atomic E-state index is -0.495. The summed E-state index contributed by atoms with van der Waals surface area (Å²) in [7, 11) is 3.10. The Kier molecular flexibility index (Phi) is 8.01. The van der Waals surface area contributed by atoms with Crippen LogP contribution in [-0.4, -0.2) is 35.9 Å². The second-order valence-corrected chi connectivity index (χ2v) is 7.36. The average molecular weight is 454 g/mol. The van der Waals surface area contributed by atoms with Gasteiger partial charge < -0.3 is 14.8 Å². The van der Waals surface area contributed by atoms with Crippen molar-refractivity contribution in [1.29, 1.82) is 0 Å². The number of hydrogen-bond donors (Lipinski definition) is 2. The zero-order valence-electron chi connectivity index (χ0n) is 19.2. The number of rotatable bonds is 8. The van der Waals surface area contributed by atoms with E-state index < -0.39 is 11.7 Å². The minimum absolute atomic E-state index is 0.180. The van der Waals surface area contributed by atoms with Crippen molar-refractivity contribution in [3.63, 3.8) is 0 Å². The van der Waals surface area contributed by atoms with Crippen LogP contribution >= 0.6 is 0 Å². The number of nitrogens with zero attached hydrogens (tertiary/aromatic N) is 3. The van der Waals surface area contributed by atoms with Crippen LogP contribution in [0.2, 0.25) is 0 Å². The molecule has 0 saturated heterocycles. The molecule has 9 heteroatoms. The fourth-order valence-electron chi connectivity index (χ4n) is 3.16. The van der Waals surface area contributed by atoms with E-state index in [-0.39, 0.29) is 11.5 Å². The third kappa shape index (κ3) is 6.55. The lowest BCUT2D eigenvalue weighted by molar-refractivity contribution is 0.0976. The van der Waals surface area contributed by atoms with Gasteiger partial charge in [-0.3, -0.25) is 14.8 Å². The maximum absolute atomic E-state index is 13.6. The molecular weight excluding hydrogens is 425 g/mol. The van der Waals surface area contributed by atoms with Crippen molar-refractivity contribution in [2.45, 2.75) is 33.4 Å². The van der Waals surface area contributed by atoms with E-state index in [1.807, 2.05) is 17.8 Å². The van der Waals surface area contributed by atoms with E-state index >= 15 is 0 Å². The molecule has 0 bridgehead atoms. The number of nitrogens with one attached hydrogen (secondary N) is 2. The molecule has 1 amide bonds. The zero-order valence-corrected chi connectivity index (χ0v) is 19.2. The number of methoxy groups -OCH3 is 2. The summed E-state index contributed by atoms with van der Waals surface area (Å²) in [5.74, 6) is 0.357. The highest BCUT2D eigenvalue weighted by molar-refractivity contribution is 6.10. The van der Waals surface area contributed by atoms with Crippen LogP contribution in [0.4, 0.5) is 10.1 Å². The van der Waals surface area contributed by atoms with Crippen molar-refractivity contribution in [1.82, 2.24) is 15.1 Å². The Bertz CT molecular complexity index is 1120. The second-order valence-electron chi connectivity index (χ2n) is 7.36. The first-order valence-corrected chi connectivity index (χ1v) is 10.6. The van der Waals surface area contributed by atoms with Gasteiger partial charge in [-0.2, -0.15) is 5.10 Å². The van der Waals surface area contributed by atoms with Crippen LogP contribution in [-0.2, 0) is 13.1 Å². The Morgan fingerprint density at radius 3 is 2.52 bits per heavy atom. The molecule has 0 fully saturated rings. The number of aromatic nitrogens is 2. The van der Waals surface area contributed by atoms with Gasteiger partial charge in [0.15, 0.2) is 0 Å². The lowest BCUT2D eigenvalue weighted by Crippen LogP contribution is -2.36. The molecule has 8 nitrogen and oxygen atoms in total. The lowest BCUT2D eigenvalue weighted by Gasteiger charge is -2.14. The van der Waals surface area contributed by atoms with Crippen molar-refractivity contribution >= 4 is 17.6 Å². The van der Waals surface area contributed by atoms with Gasteiger partial charge in [0, 0.05) is 47.8 Å². The number of aliphatic imine (C=N–C) groups is 1. The second kappa shape index (κ2) is 11.1. The first-order valence-electron chi connectivity index (χ1n) is 10.6. The van der Waals surface area contributed by atoms with E-state index in [0.717, 1.165) is 24.2 Å². The molecule has 0 saturated carbocycles. The number of anilines is 1. The number of hydrogen-bond acceptors (Lipinski definition) is 5. The fraction of sp³-hybridized carbons (Fsp3) is 0.292. The molecule has 2 N–H and O–H groups in total. The molecule has 0 aliphatic rings. The van der Waals surface area contributed by atoms with Gasteiger partial charge in [-0.05, 0) is 31.5 Å². The fourth-order valence-corrected chi connectivity index (χ4v) is 3.16. The third-order valence-electron chi connectivity index (χ3n) is 4.84. The van der Waals surface area contributed by atoms with Gasteiger partial charge in [-0.25, -0.2) is 9.38 Å². The van der Waals surface area contributed by atoms with Crippen LogP contribution < -0.4 is 20.1 Å². The monoisotopic (exact) mass is 453 g/mol. The van der Waals surface area contributed by atoms with E-state index in [4.69, 9.17) is 9.47 Å². The number of amides is 1. The zero-order chi connectivity index (χ0) is 23.8. The average Bonchev–Trinajstić information content (AvgIpc) is 3.16. The standard InChI is InChI=1S/C24H28FN5O3/c1-5-9-30-15-18(16(2)29-30)14-26-24(28-23(31)17-7-6-8-19(25)10-17)27-20-11-21(32-3)13-22(12-20)33-4/h6-8,10-13,15H,5,9,14H2,1-4H3,(H2,26,27,28,31). The van der Waals surface area contributed by atoms with Gasteiger partial charge in [0.25, 0.3) is 5.91 Å². The molecule has 1 aromatic heterocycles. The highest BCUT2D eigenvalue weighted by atomic mass is 19.1. The van der Waals surface area contributed by atoms with Crippen molar-refractivity contribution in [3.8, 4) is 11.5 Å². The number of carbonyl (C=O) groups excluding carboxylic acids is 1. The maximum Gasteiger partial charge on any atom is 0.258 e. The quantitative estimate of drug-likeness (QED) is 0.395. The third-order valence-corrected chi connectivity index (χ3v) is 4.84. The molecule has 33 heavy (non-hydrogen) atoms. The van der Waals surface area contributed by atoms with Crippen molar-refractivity contribution < 1.29 is 18.7 Å². The van der Waals surface area contributed by atoms with Gasteiger partial charge in [0.1, 0.15) is 17.3 Å². The summed E-state index contributed by atoms with van der Waals surface area (Å²) in [6.45, 7) is 5.11. The van der Waals surface area contributed by atoms with Crippen LogP contribution in [0, 0.1) is 12.7 Å². The summed E-state index contributed by atoms with van der Waals surface area (Å²) in [5, 5.41) is 10.3. The van der Waals surface area contributed by atoms with Crippen LogP contribution in [0.1, 0.15) is 35.0 Å². The number of halogens is 1. The van der Waals surface area contributed by atoms with Gasteiger partial charge in [-0.1, -0.05) is 13.0 Å². The number of benzene rings is 2. The van der Waals surface area contributed by atoms with Crippen LogP contribution in [0.15, 0.2) is 53.7 Å². The summed E-state index contributed by atoms with van der Waals surface area (Å²) in [6, 6.07) is 10.7. The first kappa shape index (κ1) is 23.8. The minimum Gasteiger partial charge on any atom is -0.497 e. The summed E-state index contributed by atoms with van der Waals surface area (Å²) in [6.07, 6.45) is 2.92. The Hall–Kier alpha value is -3.88. The van der Waals surface area contributed by atoms with Crippen LogP contribution in [0.3, 0.4) is 0 Å². The summed E-state index contributed by atoms with van der Waals surface area (Å²) in [4.78, 5) is 17.3. The molecule has 0 aliphatic carbocycles. The number of carbonyl (C=O) groups is 1. The molecule has 1 heterocycles. The highest BCUT2D eigenvalue weighted by Gasteiger charge is 2.12. The van der Waals surface area contributed by atoms with Crippen molar-refractivity contribution in [2.24, 2.45) is 4.99 Å². The Balaban J connectivity index is 1.88. The summed E-state index contributed by atoms with van der Waals surface area (Å²) >= 11 is 0. The van der Waals surface area contributed by atoms with Crippen molar-refractivity contribution in [2.75, 3.05) is 19.5 Å². The first-order chi connectivity index (χ1) is 15.9. The lowest BCUT2D eigenvalue weighted by atomic mass is 10.2. The number of ether oxygens (including phenoxy) is 2. The van der Waals surface area contributed by atoms with E-state index in [1.165, 1.54) is 24.3 Å².